The second kappa shape index (κ2) is 22.1. The molecule has 7 rings (SSSR count). The van der Waals surface area contributed by atoms with Gasteiger partial charge in [0.15, 0.2) is 17.5 Å². The molecule has 1 saturated heterocycles. The lowest BCUT2D eigenvalue weighted by molar-refractivity contribution is -0.345. The van der Waals surface area contributed by atoms with Gasteiger partial charge in [-0.3, -0.25) is 24.0 Å². The van der Waals surface area contributed by atoms with E-state index < -0.39 is 137 Å². The van der Waals surface area contributed by atoms with Gasteiger partial charge < -0.3 is 48.9 Å². The van der Waals surface area contributed by atoms with E-state index in [2.05, 4.69) is 23.3 Å². The minimum absolute atomic E-state index is 0.0167. The predicted octanol–water partition coefficient (Wildman–Crippen LogP) is 5.89. The third-order valence-corrected chi connectivity index (χ3v) is 15.1. The smallest absolute Gasteiger partial charge is 0.407 e. The number of hydrogen-bond acceptors (Lipinski definition) is 17. The predicted molar refractivity (Wildman–Crippen MR) is 263 cm³/mol. The summed E-state index contributed by atoms with van der Waals surface area (Å²) in [5.74, 6) is -8.98. The van der Waals surface area contributed by atoms with Crippen LogP contribution in [0.25, 0.3) is 0 Å². The number of alkyl carbamates (subject to hydrolysis) is 1. The molecule has 396 valence electrons. The van der Waals surface area contributed by atoms with Crippen LogP contribution in [0.2, 0.25) is 0 Å². The number of halogens is 1. The van der Waals surface area contributed by atoms with E-state index in [4.69, 9.17) is 33.2 Å². The third kappa shape index (κ3) is 10.3. The van der Waals surface area contributed by atoms with Crippen molar-refractivity contribution in [3.8, 4) is 0 Å². The summed E-state index contributed by atoms with van der Waals surface area (Å²) < 4.78 is 57.5. The van der Waals surface area contributed by atoms with E-state index in [1.807, 2.05) is 0 Å². The van der Waals surface area contributed by atoms with E-state index in [0.717, 1.165) is 31.2 Å². The monoisotopic (exact) mass is 1040 g/mol. The van der Waals surface area contributed by atoms with E-state index in [1.165, 1.54) is 34.6 Å². The first-order chi connectivity index (χ1) is 35.1. The number of esters is 5. The molecule has 3 aromatic carbocycles. The molecule has 3 N–H and O–H groups in total. The fraction of sp³-hybridized carbons (Fsp3) is 0.481. The fourth-order valence-electron chi connectivity index (χ4n) is 11.1. The molecule has 1 aliphatic heterocycles. The normalized spacial score (nSPS) is 28.4. The quantitative estimate of drug-likeness (QED) is 0.0566. The molecule has 18 nitrogen and oxygen atoms in total. The maximum atomic E-state index is 16.2. The average Bonchev–Trinajstić information content (AvgIpc) is 3.36. The summed E-state index contributed by atoms with van der Waals surface area (Å²) in [6.45, 7) is 9.81. The van der Waals surface area contributed by atoms with Crippen molar-refractivity contribution in [2.45, 2.75) is 128 Å². The van der Waals surface area contributed by atoms with Crippen molar-refractivity contribution in [3.05, 3.63) is 119 Å². The second-order valence-electron chi connectivity index (χ2n) is 19.6. The Labute approximate surface area is 432 Å². The zero-order chi connectivity index (χ0) is 53.9. The highest BCUT2D eigenvalue weighted by Gasteiger charge is 2.79. The first kappa shape index (κ1) is 55.1. The van der Waals surface area contributed by atoms with Crippen molar-refractivity contribution in [2.24, 2.45) is 16.7 Å². The van der Waals surface area contributed by atoms with Gasteiger partial charge in [0.25, 0.3) is 5.91 Å². The number of carbonyl (C=O) groups is 8. The number of thiol groups is 1. The average molecular weight is 1050 g/mol. The first-order valence-corrected chi connectivity index (χ1v) is 25.0. The molecule has 0 aromatic heterocycles. The number of fused-ring (bicyclic) bond motifs is 5. The van der Waals surface area contributed by atoms with Gasteiger partial charge in [-0.2, -0.15) is 12.6 Å². The van der Waals surface area contributed by atoms with Crippen LogP contribution in [0.1, 0.15) is 106 Å². The molecule has 3 aromatic rings. The van der Waals surface area contributed by atoms with Gasteiger partial charge in [-0.15, -0.1) is 0 Å². The molecule has 4 aliphatic rings. The summed E-state index contributed by atoms with van der Waals surface area (Å²) in [5.41, 5.74) is -8.22. The fourth-order valence-corrected chi connectivity index (χ4v) is 11.3. The molecule has 2 saturated carbocycles. The zero-order valence-electron chi connectivity index (χ0n) is 42.0. The third-order valence-electron chi connectivity index (χ3n) is 14.9. The van der Waals surface area contributed by atoms with Crippen molar-refractivity contribution in [1.82, 2.24) is 10.6 Å². The van der Waals surface area contributed by atoms with Gasteiger partial charge in [-0.05, 0) is 73.9 Å². The lowest BCUT2D eigenvalue weighted by Gasteiger charge is -2.67. The maximum absolute atomic E-state index is 16.2. The summed E-state index contributed by atoms with van der Waals surface area (Å²) in [5, 5.41) is 19.5. The van der Waals surface area contributed by atoms with Gasteiger partial charge >= 0.3 is 35.9 Å². The number of carbonyl (C=O) groups excluding carboxylic acids is 8. The Morgan fingerprint density at radius 1 is 0.865 bits per heavy atom. The van der Waals surface area contributed by atoms with Gasteiger partial charge in [0.1, 0.15) is 41.9 Å². The highest BCUT2D eigenvalue weighted by atomic mass is 32.1. The second-order valence-corrected chi connectivity index (χ2v) is 20.0. The number of benzene rings is 3. The summed E-state index contributed by atoms with van der Waals surface area (Å²) in [7, 11) is 0. The molecule has 2 unspecified atom stereocenters. The number of aliphatic hydroxyl groups is 1. The molecule has 20 heteroatoms. The molecule has 0 radical (unpaired) electrons. The van der Waals surface area contributed by atoms with Crippen molar-refractivity contribution in [1.29, 1.82) is 0 Å². The standard InChI is InChI=1S/C54H61FN2O16S/c1-8-38(59)70-42-40-29(3)35(68-49(64)43(71-39(60)24-25-74)41(31-16-12-10-13-17-31)57-47(62)32-18-14-11-15-19-32)27-54(66,51(40,5)6)46(72-48(63)33-20-22-34(55)23-21-33)44-52(7,45(42)61)36(69-50(65)56-9-2)26-37-53(44,28-67-37)73-30(4)58/h10-23,35-37,41-44,46,66,74H,8-9,24-28H2,1-7H3,(H,56,65)(H,57,62)/t35-,36-,37+,41-,42+,43+,44?,46?,52+,53-,54+/m0/s1. The Morgan fingerprint density at radius 2 is 1.51 bits per heavy atom. The Bertz CT molecular complexity index is 2690. The van der Waals surface area contributed by atoms with Crippen LogP contribution >= 0.6 is 12.6 Å². The van der Waals surface area contributed by atoms with Gasteiger partial charge in [0.05, 0.1) is 29.9 Å². The van der Waals surface area contributed by atoms with Crippen molar-refractivity contribution in [3.63, 3.8) is 0 Å². The Balaban J connectivity index is 1.47. The molecular weight excluding hydrogens is 984 g/mol. The van der Waals surface area contributed by atoms with Crippen LogP contribution in [0.3, 0.4) is 0 Å². The van der Waals surface area contributed by atoms with Gasteiger partial charge in [-0.1, -0.05) is 69.3 Å². The van der Waals surface area contributed by atoms with Crippen LogP contribution in [0, 0.1) is 22.6 Å². The lowest BCUT2D eigenvalue weighted by Crippen LogP contribution is -2.82. The summed E-state index contributed by atoms with van der Waals surface area (Å²) >= 11 is 4.17. The van der Waals surface area contributed by atoms with E-state index in [-0.39, 0.29) is 53.8 Å². The number of rotatable bonds is 16. The number of amides is 2. The van der Waals surface area contributed by atoms with Gasteiger partial charge in [0, 0.05) is 49.5 Å². The molecule has 2 bridgehead atoms. The van der Waals surface area contributed by atoms with Crippen LogP contribution in [0.4, 0.5) is 9.18 Å². The summed E-state index contributed by atoms with van der Waals surface area (Å²) in [6, 6.07) is 19.1. The first-order valence-electron chi connectivity index (χ1n) is 24.4. The van der Waals surface area contributed by atoms with Crippen LogP contribution in [-0.4, -0.2) is 119 Å². The van der Waals surface area contributed by atoms with Gasteiger partial charge in [-0.25, -0.2) is 18.8 Å². The van der Waals surface area contributed by atoms with Crippen LogP contribution in [0.15, 0.2) is 96.1 Å². The number of Topliss-reactive ketones (excluding diaryl/α,β-unsaturated/α-hetero) is 1. The van der Waals surface area contributed by atoms with E-state index in [9.17, 15) is 38.3 Å². The molecule has 11 atom stereocenters. The zero-order valence-corrected chi connectivity index (χ0v) is 42.9. The Morgan fingerprint density at radius 3 is 2.09 bits per heavy atom. The maximum Gasteiger partial charge on any atom is 0.407 e. The lowest BCUT2D eigenvalue weighted by atomic mass is 9.44. The minimum atomic E-state index is -2.58. The van der Waals surface area contributed by atoms with Crippen molar-refractivity contribution < 1.29 is 81.0 Å². The summed E-state index contributed by atoms with van der Waals surface area (Å²) in [4.78, 5) is 114. The van der Waals surface area contributed by atoms with E-state index >= 15 is 9.59 Å². The Kier molecular flexibility index (Phi) is 16.4. The molecular formula is C54H61FN2O16S. The highest BCUT2D eigenvalue weighted by Crippen LogP contribution is 2.65. The highest BCUT2D eigenvalue weighted by molar-refractivity contribution is 7.80. The summed E-state index contributed by atoms with van der Waals surface area (Å²) in [6.07, 6.45) is -12.6. The number of ketones is 1. The van der Waals surface area contributed by atoms with Crippen molar-refractivity contribution in [2.75, 3.05) is 18.9 Å². The number of ether oxygens (including phenoxy) is 7. The molecule has 2 amide bonds. The van der Waals surface area contributed by atoms with Crippen LogP contribution in [0.5, 0.6) is 0 Å². The molecule has 1 heterocycles. The molecule has 3 aliphatic carbocycles. The van der Waals surface area contributed by atoms with Gasteiger partial charge in [0.2, 0.25) is 6.10 Å². The topological polar surface area (TPSA) is 245 Å². The number of nitrogens with one attached hydrogen (secondary N) is 2. The Hall–Kier alpha value is -6.64. The molecule has 3 fully saturated rings. The van der Waals surface area contributed by atoms with E-state index in [0.29, 0.717) is 5.56 Å². The largest absolute Gasteiger partial charge is 0.455 e. The SMILES string of the molecule is CCNC(=O)O[C@H]1C[C@H]2OC[C@@]2(OC(C)=O)C2C(OC(=O)c3ccc(F)cc3)[C@]3(O)C[C@H](OC(=O)[C@H](OC(=O)CCS)[C@@H](NC(=O)c4ccccc4)c4ccccc4)C(C)=C([C@@H](OC(=O)CC)C(=O)[C@@]21C)C3(C)C. The van der Waals surface area contributed by atoms with Crippen LogP contribution in [-0.2, 0) is 57.1 Å². The molecule has 74 heavy (non-hydrogen) atoms. The minimum Gasteiger partial charge on any atom is -0.455 e. The van der Waals surface area contributed by atoms with Crippen LogP contribution < -0.4 is 10.6 Å². The molecule has 0 spiro atoms. The van der Waals surface area contributed by atoms with E-state index in [1.54, 1.807) is 67.6 Å². The van der Waals surface area contributed by atoms with Crippen molar-refractivity contribution >= 4 is 60.3 Å². The number of hydrogen-bond donors (Lipinski definition) is 4.